The van der Waals surface area contributed by atoms with Gasteiger partial charge in [-0.1, -0.05) is 6.08 Å². The van der Waals surface area contributed by atoms with Crippen molar-refractivity contribution in [1.29, 1.82) is 0 Å². The predicted molar refractivity (Wildman–Crippen MR) is 49.2 cm³/mol. The summed E-state index contributed by atoms with van der Waals surface area (Å²) in [6.07, 6.45) is 1.23. The van der Waals surface area contributed by atoms with Gasteiger partial charge in [-0.2, -0.15) is 0 Å². The Labute approximate surface area is 78.2 Å². The fourth-order valence-corrected chi connectivity index (χ4v) is 0.620. The van der Waals surface area contributed by atoms with Crippen LogP contribution in [0.25, 0.3) is 0 Å². The Balaban J connectivity index is 4.22. The van der Waals surface area contributed by atoms with Crippen LogP contribution < -0.4 is 0 Å². The first kappa shape index (κ1) is 11.7. The molecule has 0 rings (SSSR count). The molecule has 0 radical (unpaired) electrons. The van der Waals surface area contributed by atoms with Gasteiger partial charge < -0.3 is 4.74 Å². The zero-order valence-corrected chi connectivity index (χ0v) is 8.24. The Morgan fingerprint density at radius 1 is 1.54 bits per heavy atom. The van der Waals surface area contributed by atoms with Crippen LogP contribution in [0.1, 0.15) is 20.8 Å². The first-order valence-electron chi connectivity index (χ1n) is 3.96. The van der Waals surface area contributed by atoms with Gasteiger partial charge in [-0.05, 0) is 20.8 Å². The smallest absolute Gasteiger partial charge is 0.417 e. The molecule has 4 nitrogen and oxygen atoms in total. The molecule has 0 N–H and O–H groups in total. The van der Waals surface area contributed by atoms with Gasteiger partial charge in [0.15, 0.2) is 0 Å². The van der Waals surface area contributed by atoms with Crippen LogP contribution in [-0.4, -0.2) is 29.5 Å². The summed E-state index contributed by atoms with van der Waals surface area (Å²) in [6.45, 7) is 8.80. The van der Waals surface area contributed by atoms with Gasteiger partial charge in [-0.25, -0.2) is 9.69 Å². The van der Waals surface area contributed by atoms with Crippen molar-refractivity contribution in [2.45, 2.75) is 26.4 Å². The van der Waals surface area contributed by atoms with Crippen LogP contribution in [0.4, 0.5) is 4.79 Å². The number of nitrogens with zero attached hydrogens (tertiary/aromatic N) is 1. The number of hydrogen-bond acceptors (Lipinski definition) is 3. The lowest BCUT2D eigenvalue weighted by Gasteiger charge is -2.22. The topological polar surface area (TPSA) is 46.6 Å². The average Bonchev–Trinajstić information content (AvgIpc) is 1.96. The standard InChI is InChI=1S/C9H15NO3/c1-5-6-10(7-11)8(12)13-9(2,3)4/h5,7H,1,6H2,2-4H3. The first-order chi connectivity index (χ1) is 5.90. The lowest BCUT2D eigenvalue weighted by Crippen LogP contribution is -2.35. The van der Waals surface area contributed by atoms with Crippen LogP contribution in [0.15, 0.2) is 12.7 Å². The van der Waals surface area contributed by atoms with Crippen LogP contribution in [0.2, 0.25) is 0 Å². The van der Waals surface area contributed by atoms with Crippen LogP contribution >= 0.6 is 0 Å². The number of amides is 2. The van der Waals surface area contributed by atoms with Crippen molar-refractivity contribution in [1.82, 2.24) is 4.90 Å². The van der Waals surface area contributed by atoms with E-state index < -0.39 is 11.7 Å². The summed E-state index contributed by atoms with van der Waals surface area (Å²) in [7, 11) is 0. The van der Waals surface area contributed by atoms with E-state index in [1.54, 1.807) is 20.8 Å². The molecule has 0 saturated carbocycles. The predicted octanol–water partition coefficient (Wildman–Crippen LogP) is 1.57. The van der Waals surface area contributed by atoms with Gasteiger partial charge >= 0.3 is 6.09 Å². The van der Waals surface area contributed by atoms with E-state index in [4.69, 9.17) is 4.74 Å². The van der Waals surface area contributed by atoms with Gasteiger partial charge in [0.2, 0.25) is 6.41 Å². The lowest BCUT2D eigenvalue weighted by molar-refractivity contribution is -0.117. The van der Waals surface area contributed by atoms with Crippen molar-refractivity contribution < 1.29 is 14.3 Å². The van der Waals surface area contributed by atoms with Crippen molar-refractivity contribution in [3.63, 3.8) is 0 Å². The molecule has 0 aliphatic carbocycles. The van der Waals surface area contributed by atoms with E-state index in [-0.39, 0.29) is 6.54 Å². The van der Waals surface area contributed by atoms with Crippen molar-refractivity contribution >= 4 is 12.5 Å². The molecule has 0 aromatic heterocycles. The monoisotopic (exact) mass is 185 g/mol. The molecule has 74 valence electrons. The minimum atomic E-state index is -0.651. The van der Waals surface area contributed by atoms with Crippen molar-refractivity contribution in [2.24, 2.45) is 0 Å². The van der Waals surface area contributed by atoms with E-state index in [0.717, 1.165) is 4.90 Å². The first-order valence-corrected chi connectivity index (χ1v) is 3.96. The molecule has 0 aromatic rings. The molecule has 13 heavy (non-hydrogen) atoms. The molecule has 0 aliphatic rings. The molecule has 0 spiro atoms. The molecular weight excluding hydrogens is 170 g/mol. The molecule has 0 aliphatic heterocycles. The SMILES string of the molecule is C=CCN(C=O)C(=O)OC(C)(C)C. The van der Waals surface area contributed by atoms with Crippen molar-refractivity contribution in [3.05, 3.63) is 12.7 Å². The third-order valence-electron chi connectivity index (χ3n) is 1.08. The summed E-state index contributed by atoms with van der Waals surface area (Å²) in [6, 6.07) is 0. The Hall–Kier alpha value is -1.32. The molecule has 0 aromatic carbocycles. The van der Waals surface area contributed by atoms with Crippen molar-refractivity contribution in [2.75, 3.05) is 6.54 Å². The summed E-state index contributed by atoms with van der Waals surface area (Å²) >= 11 is 0. The Kier molecular flexibility index (Phi) is 4.17. The zero-order chi connectivity index (χ0) is 10.5. The molecule has 0 bridgehead atoms. The van der Waals surface area contributed by atoms with Gasteiger partial charge in [0.1, 0.15) is 5.60 Å². The van der Waals surface area contributed by atoms with E-state index in [0.29, 0.717) is 6.41 Å². The molecule has 0 heterocycles. The van der Waals surface area contributed by atoms with E-state index in [1.807, 2.05) is 0 Å². The molecule has 0 unspecified atom stereocenters. The number of carbonyl (C=O) groups excluding carboxylic acids is 2. The average molecular weight is 185 g/mol. The maximum atomic E-state index is 11.2. The van der Waals surface area contributed by atoms with Gasteiger partial charge in [0.05, 0.1) is 0 Å². The van der Waals surface area contributed by atoms with Gasteiger partial charge in [0, 0.05) is 6.54 Å². The fourth-order valence-electron chi connectivity index (χ4n) is 0.620. The van der Waals surface area contributed by atoms with E-state index >= 15 is 0 Å². The molecule has 4 heteroatoms. The largest absolute Gasteiger partial charge is 0.443 e. The summed E-state index contributed by atoms with van der Waals surface area (Å²) in [5.41, 5.74) is -0.584. The molecule has 0 saturated heterocycles. The lowest BCUT2D eigenvalue weighted by atomic mass is 10.2. The van der Waals surface area contributed by atoms with E-state index in [1.165, 1.54) is 6.08 Å². The van der Waals surface area contributed by atoms with E-state index in [2.05, 4.69) is 6.58 Å². The van der Waals surface area contributed by atoms with Crippen molar-refractivity contribution in [3.8, 4) is 0 Å². The number of imide groups is 1. The minimum absolute atomic E-state index is 0.165. The Morgan fingerprint density at radius 2 is 2.08 bits per heavy atom. The van der Waals surface area contributed by atoms with Crippen LogP contribution in [0.3, 0.4) is 0 Å². The minimum Gasteiger partial charge on any atom is -0.443 e. The van der Waals surface area contributed by atoms with Gasteiger partial charge in [-0.15, -0.1) is 6.58 Å². The summed E-state index contributed by atoms with van der Waals surface area (Å²) in [5.74, 6) is 0. The summed E-state index contributed by atoms with van der Waals surface area (Å²) < 4.78 is 4.95. The molecular formula is C9H15NO3. The second kappa shape index (κ2) is 4.64. The van der Waals surface area contributed by atoms with Gasteiger partial charge in [0.25, 0.3) is 0 Å². The Morgan fingerprint density at radius 3 is 2.38 bits per heavy atom. The number of hydrogen-bond donors (Lipinski definition) is 0. The number of ether oxygens (including phenoxy) is 1. The molecule has 0 fully saturated rings. The summed E-state index contributed by atoms with van der Waals surface area (Å²) in [4.78, 5) is 22.5. The molecule has 2 amide bonds. The Bertz CT molecular complexity index is 205. The van der Waals surface area contributed by atoms with Crippen LogP contribution in [0, 0.1) is 0 Å². The highest BCUT2D eigenvalue weighted by molar-refractivity contribution is 5.80. The number of rotatable bonds is 3. The highest BCUT2D eigenvalue weighted by atomic mass is 16.6. The second-order valence-electron chi connectivity index (χ2n) is 3.53. The fraction of sp³-hybridized carbons (Fsp3) is 0.556. The van der Waals surface area contributed by atoms with E-state index in [9.17, 15) is 9.59 Å². The third-order valence-corrected chi connectivity index (χ3v) is 1.08. The maximum Gasteiger partial charge on any atom is 0.417 e. The second-order valence-corrected chi connectivity index (χ2v) is 3.53. The highest BCUT2D eigenvalue weighted by Gasteiger charge is 2.20. The van der Waals surface area contributed by atoms with Gasteiger partial charge in [-0.3, -0.25) is 4.79 Å². The number of carbonyl (C=O) groups is 2. The third kappa shape index (κ3) is 5.00. The van der Waals surface area contributed by atoms with Crippen LogP contribution in [-0.2, 0) is 9.53 Å². The quantitative estimate of drug-likeness (QED) is 0.495. The summed E-state index contributed by atoms with van der Waals surface area (Å²) in [5, 5.41) is 0. The zero-order valence-electron chi connectivity index (χ0n) is 8.24. The van der Waals surface area contributed by atoms with Crippen LogP contribution in [0.5, 0.6) is 0 Å². The highest BCUT2D eigenvalue weighted by Crippen LogP contribution is 2.08. The normalized spacial score (nSPS) is 10.4. The molecule has 0 atom stereocenters. The maximum absolute atomic E-state index is 11.2.